The molecule has 2 heterocycles. The fourth-order valence-electron chi connectivity index (χ4n) is 3.02. The fraction of sp³-hybridized carbons (Fsp3) is 0.333. The van der Waals surface area contributed by atoms with Crippen LogP contribution in [0.1, 0.15) is 31.5 Å². The van der Waals surface area contributed by atoms with E-state index in [0.29, 0.717) is 18.0 Å². The van der Waals surface area contributed by atoms with E-state index in [0.717, 1.165) is 29.8 Å². The molecule has 5 nitrogen and oxygen atoms in total. The molecule has 1 aliphatic rings. The van der Waals surface area contributed by atoms with Gasteiger partial charge in [0.15, 0.2) is 11.5 Å². The second kappa shape index (κ2) is 8.04. The van der Waals surface area contributed by atoms with Gasteiger partial charge >= 0.3 is 0 Å². The molecule has 1 aromatic carbocycles. The van der Waals surface area contributed by atoms with Crippen LogP contribution < -0.4 is 14.4 Å². The molecular formula is C21H24N2O3. The Morgan fingerprint density at radius 1 is 1.27 bits per heavy atom. The van der Waals surface area contributed by atoms with Crippen LogP contribution in [0.25, 0.3) is 6.08 Å². The first-order valence-corrected chi connectivity index (χ1v) is 8.86. The van der Waals surface area contributed by atoms with Crippen LogP contribution in [0.3, 0.4) is 0 Å². The highest BCUT2D eigenvalue weighted by molar-refractivity contribution is 6.04. The lowest BCUT2D eigenvalue weighted by Crippen LogP contribution is -2.34. The summed E-state index contributed by atoms with van der Waals surface area (Å²) in [7, 11) is 1.61. The van der Waals surface area contributed by atoms with Crippen LogP contribution in [0.4, 0.5) is 5.69 Å². The number of benzene rings is 1. The Hall–Kier alpha value is -2.82. The van der Waals surface area contributed by atoms with Crippen molar-refractivity contribution in [3.63, 3.8) is 0 Å². The average Bonchev–Trinajstić information content (AvgIpc) is 2.66. The molecule has 0 radical (unpaired) electrons. The molecule has 0 atom stereocenters. The number of methoxy groups -OCH3 is 1. The SMILES string of the molecule is COc1cc(/C=C/C(=O)N2CCCc3ncccc32)ccc1OC(C)C. The smallest absolute Gasteiger partial charge is 0.251 e. The Morgan fingerprint density at radius 3 is 2.88 bits per heavy atom. The molecule has 0 bridgehead atoms. The van der Waals surface area contributed by atoms with Gasteiger partial charge in [-0.25, -0.2) is 0 Å². The number of hydrogen-bond acceptors (Lipinski definition) is 4. The van der Waals surface area contributed by atoms with Crippen molar-refractivity contribution in [3.8, 4) is 11.5 Å². The molecule has 0 N–H and O–H groups in total. The van der Waals surface area contributed by atoms with Gasteiger partial charge in [-0.3, -0.25) is 9.78 Å². The van der Waals surface area contributed by atoms with Crippen molar-refractivity contribution < 1.29 is 14.3 Å². The third-order valence-electron chi connectivity index (χ3n) is 4.19. The number of carbonyl (C=O) groups excluding carboxylic acids is 1. The first-order valence-electron chi connectivity index (χ1n) is 8.86. The predicted octanol–water partition coefficient (Wildman–Crippen LogP) is 3.87. The van der Waals surface area contributed by atoms with Gasteiger partial charge in [0.05, 0.1) is 24.6 Å². The molecular weight excluding hydrogens is 328 g/mol. The average molecular weight is 352 g/mol. The van der Waals surface area contributed by atoms with E-state index >= 15 is 0 Å². The summed E-state index contributed by atoms with van der Waals surface area (Å²) in [6, 6.07) is 9.47. The molecule has 1 aliphatic heterocycles. The topological polar surface area (TPSA) is 51.7 Å². The number of pyridine rings is 1. The number of aromatic nitrogens is 1. The van der Waals surface area contributed by atoms with E-state index in [4.69, 9.17) is 9.47 Å². The maximum Gasteiger partial charge on any atom is 0.251 e. The van der Waals surface area contributed by atoms with Gasteiger partial charge < -0.3 is 14.4 Å². The van der Waals surface area contributed by atoms with Crippen molar-refractivity contribution in [2.45, 2.75) is 32.8 Å². The summed E-state index contributed by atoms with van der Waals surface area (Å²) >= 11 is 0. The molecule has 0 saturated heterocycles. The van der Waals surface area contributed by atoms with Crippen LogP contribution in [0.15, 0.2) is 42.6 Å². The zero-order chi connectivity index (χ0) is 18.5. The normalized spacial score (nSPS) is 13.8. The Kier molecular flexibility index (Phi) is 5.56. The van der Waals surface area contributed by atoms with E-state index < -0.39 is 0 Å². The second-order valence-electron chi connectivity index (χ2n) is 6.47. The highest BCUT2D eigenvalue weighted by Crippen LogP contribution is 2.30. The molecule has 136 valence electrons. The lowest BCUT2D eigenvalue weighted by Gasteiger charge is -2.27. The number of rotatable bonds is 5. The first-order chi connectivity index (χ1) is 12.6. The summed E-state index contributed by atoms with van der Waals surface area (Å²) in [5.74, 6) is 1.31. The number of fused-ring (bicyclic) bond motifs is 1. The summed E-state index contributed by atoms with van der Waals surface area (Å²) in [5.41, 5.74) is 2.78. The number of hydrogen-bond donors (Lipinski definition) is 0. The van der Waals surface area contributed by atoms with Crippen LogP contribution in [-0.4, -0.2) is 30.6 Å². The molecule has 0 saturated carbocycles. The van der Waals surface area contributed by atoms with Gasteiger partial charge in [-0.1, -0.05) is 6.07 Å². The number of amides is 1. The van der Waals surface area contributed by atoms with Gasteiger partial charge in [0.25, 0.3) is 5.91 Å². The van der Waals surface area contributed by atoms with Crippen molar-refractivity contribution >= 4 is 17.7 Å². The van der Waals surface area contributed by atoms with Crippen LogP contribution in [-0.2, 0) is 11.2 Å². The molecule has 1 aromatic heterocycles. The second-order valence-corrected chi connectivity index (χ2v) is 6.47. The number of nitrogens with zero attached hydrogens (tertiary/aromatic N) is 2. The number of carbonyl (C=O) groups is 1. The molecule has 0 unspecified atom stereocenters. The number of aryl methyl sites for hydroxylation is 1. The summed E-state index contributed by atoms with van der Waals surface area (Å²) < 4.78 is 11.1. The van der Waals surface area contributed by atoms with Crippen molar-refractivity contribution in [3.05, 3.63) is 53.9 Å². The Morgan fingerprint density at radius 2 is 2.12 bits per heavy atom. The van der Waals surface area contributed by atoms with Gasteiger partial charge in [0.1, 0.15) is 0 Å². The van der Waals surface area contributed by atoms with Crippen molar-refractivity contribution in [1.82, 2.24) is 4.98 Å². The predicted molar refractivity (Wildman–Crippen MR) is 103 cm³/mol. The molecule has 0 aliphatic carbocycles. The van der Waals surface area contributed by atoms with Gasteiger partial charge in [-0.2, -0.15) is 0 Å². The van der Waals surface area contributed by atoms with Crippen molar-refractivity contribution in [1.29, 1.82) is 0 Å². The van der Waals surface area contributed by atoms with E-state index in [2.05, 4.69) is 4.98 Å². The summed E-state index contributed by atoms with van der Waals surface area (Å²) in [6.45, 7) is 4.65. The molecule has 2 aromatic rings. The minimum absolute atomic E-state index is 0.0413. The Balaban J connectivity index is 1.77. The molecule has 5 heteroatoms. The third-order valence-corrected chi connectivity index (χ3v) is 4.19. The van der Waals surface area contributed by atoms with Gasteiger partial charge in [-0.15, -0.1) is 0 Å². The van der Waals surface area contributed by atoms with Crippen LogP contribution >= 0.6 is 0 Å². The molecule has 26 heavy (non-hydrogen) atoms. The van der Waals surface area contributed by atoms with Crippen LogP contribution in [0, 0.1) is 0 Å². The zero-order valence-electron chi connectivity index (χ0n) is 15.4. The Bertz CT molecular complexity index is 815. The van der Waals surface area contributed by atoms with Gasteiger partial charge in [-0.05, 0) is 62.6 Å². The molecule has 3 rings (SSSR count). The van der Waals surface area contributed by atoms with E-state index in [-0.39, 0.29) is 12.0 Å². The summed E-state index contributed by atoms with van der Waals surface area (Å²) in [4.78, 5) is 18.8. The lowest BCUT2D eigenvalue weighted by atomic mass is 10.1. The van der Waals surface area contributed by atoms with E-state index in [1.54, 1.807) is 30.4 Å². The number of anilines is 1. The maximum atomic E-state index is 12.7. The minimum Gasteiger partial charge on any atom is -0.493 e. The van der Waals surface area contributed by atoms with Crippen molar-refractivity contribution in [2.75, 3.05) is 18.6 Å². The van der Waals surface area contributed by atoms with E-state index in [1.165, 1.54) is 0 Å². The van der Waals surface area contributed by atoms with E-state index in [9.17, 15) is 4.79 Å². The summed E-state index contributed by atoms with van der Waals surface area (Å²) in [5, 5.41) is 0. The zero-order valence-corrected chi connectivity index (χ0v) is 15.4. The molecule has 0 spiro atoms. The monoisotopic (exact) mass is 352 g/mol. The van der Waals surface area contributed by atoms with E-state index in [1.807, 2.05) is 44.2 Å². The quantitative estimate of drug-likeness (QED) is 0.767. The minimum atomic E-state index is -0.0413. The highest BCUT2D eigenvalue weighted by atomic mass is 16.5. The fourth-order valence-corrected chi connectivity index (χ4v) is 3.02. The molecule has 1 amide bonds. The summed E-state index contributed by atoms with van der Waals surface area (Å²) in [6.07, 6.45) is 7.08. The first kappa shape index (κ1) is 18.0. The van der Waals surface area contributed by atoms with Crippen LogP contribution in [0.5, 0.6) is 11.5 Å². The Labute approximate surface area is 154 Å². The highest BCUT2D eigenvalue weighted by Gasteiger charge is 2.21. The van der Waals surface area contributed by atoms with Crippen molar-refractivity contribution in [2.24, 2.45) is 0 Å². The van der Waals surface area contributed by atoms with Gasteiger partial charge in [0.2, 0.25) is 0 Å². The third kappa shape index (κ3) is 4.04. The standard InChI is InChI=1S/C21H24N2O3/c1-15(2)26-19-10-8-16(14-20(19)25-3)9-11-21(24)23-13-5-6-17-18(23)7-4-12-22-17/h4,7-12,14-15H,5-6,13H2,1-3H3/b11-9+. The largest absolute Gasteiger partial charge is 0.493 e. The molecule has 0 fully saturated rings. The number of ether oxygens (including phenoxy) is 2. The maximum absolute atomic E-state index is 12.7. The van der Waals surface area contributed by atoms with Gasteiger partial charge in [0, 0.05) is 18.8 Å². The van der Waals surface area contributed by atoms with Crippen LogP contribution in [0.2, 0.25) is 0 Å². The lowest BCUT2D eigenvalue weighted by molar-refractivity contribution is -0.114.